The van der Waals surface area contributed by atoms with Crippen LogP contribution >= 0.6 is 0 Å². The Labute approximate surface area is 128 Å². The van der Waals surface area contributed by atoms with Crippen LogP contribution in [0.3, 0.4) is 0 Å². The molecule has 22 heavy (non-hydrogen) atoms. The maximum absolute atomic E-state index is 11.8. The van der Waals surface area contributed by atoms with E-state index in [1.54, 1.807) is 0 Å². The van der Waals surface area contributed by atoms with Gasteiger partial charge in [-0.3, -0.25) is 10.1 Å². The quantitative estimate of drug-likeness (QED) is 0.687. The number of carbonyl (C=O) groups excluding carboxylic acids is 1. The summed E-state index contributed by atoms with van der Waals surface area (Å²) >= 11 is 0. The van der Waals surface area contributed by atoms with Crippen LogP contribution in [0.15, 0.2) is 54.6 Å². The minimum absolute atomic E-state index is 0.118. The molecule has 3 rings (SSSR count). The number of H-pyrrole nitrogens is 1. The SMILES string of the molecule is O=C(CCOCc1ccccc1)Nc1nc2ccccc2[nH]1. The Morgan fingerprint density at radius 1 is 1.09 bits per heavy atom. The predicted octanol–water partition coefficient (Wildman–Crippen LogP) is 3.11. The Morgan fingerprint density at radius 3 is 2.68 bits per heavy atom. The zero-order valence-corrected chi connectivity index (χ0v) is 12.1. The van der Waals surface area contributed by atoms with E-state index in [4.69, 9.17) is 4.74 Å². The molecule has 0 saturated carbocycles. The van der Waals surface area contributed by atoms with Crippen LogP contribution < -0.4 is 5.32 Å². The Bertz CT molecular complexity index is 720. The molecule has 0 fully saturated rings. The number of ether oxygens (including phenoxy) is 1. The number of benzene rings is 2. The summed E-state index contributed by atoms with van der Waals surface area (Å²) in [5.41, 5.74) is 2.83. The number of nitrogens with one attached hydrogen (secondary N) is 2. The average Bonchev–Trinajstić information content (AvgIpc) is 2.94. The Kier molecular flexibility index (Phi) is 4.46. The fourth-order valence-corrected chi connectivity index (χ4v) is 2.14. The molecule has 5 nitrogen and oxygen atoms in total. The second kappa shape index (κ2) is 6.87. The van der Waals surface area contributed by atoms with E-state index in [2.05, 4.69) is 15.3 Å². The van der Waals surface area contributed by atoms with Gasteiger partial charge >= 0.3 is 0 Å². The van der Waals surface area contributed by atoms with Gasteiger partial charge in [-0.15, -0.1) is 0 Å². The number of hydrogen-bond donors (Lipinski definition) is 2. The van der Waals surface area contributed by atoms with Crippen LogP contribution in [0.25, 0.3) is 11.0 Å². The molecule has 1 aromatic heterocycles. The van der Waals surface area contributed by atoms with E-state index < -0.39 is 0 Å². The summed E-state index contributed by atoms with van der Waals surface area (Å²) in [6.45, 7) is 0.889. The second-order valence-electron chi connectivity index (χ2n) is 4.94. The summed E-state index contributed by atoms with van der Waals surface area (Å²) in [6.07, 6.45) is 0.296. The fourth-order valence-electron chi connectivity index (χ4n) is 2.14. The number of aromatic nitrogens is 2. The maximum atomic E-state index is 11.8. The van der Waals surface area contributed by atoms with Crippen LogP contribution in [0.4, 0.5) is 5.95 Å². The first-order chi connectivity index (χ1) is 10.8. The van der Waals surface area contributed by atoms with Crippen molar-refractivity contribution in [3.8, 4) is 0 Å². The number of nitrogens with zero attached hydrogens (tertiary/aromatic N) is 1. The van der Waals surface area contributed by atoms with Crippen molar-refractivity contribution in [1.82, 2.24) is 9.97 Å². The van der Waals surface area contributed by atoms with Crippen LogP contribution in [0, 0.1) is 0 Å². The fraction of sp³-hybridized carbons (Fsp3) is 0.176. The number of fused-ring (bicyclic) bond motifs is 1. The number of rotatable bonds is 6. The molecule has 0 spiro atoms. The first kappa shape index (κ1) is 14.3. The third kappa shape index (κ3) is 3.71. The van der Waals surface area contributed by atoms with Gasteiger partial charge in [0.15, 0.2) is 0 Å². The van der Waals surface area contributed by atoms with E-state index in [1.165, 1.54) is 0 Å². The Hall–Kier alpha value is -2.66. The van der Waals surface area contributed by atoms with Crippen molar-refractivity contribution in [2.75, 3.05) is 11.9 Å². The van der Waals surface area contributed by atoms with Crippen molar-refractivity contribution in [3.05, 3.63) is 60.2 Å². The molecule has 0 aliphatic rings. The van der Waals surface area contributed by atoms with E-state index in [0.717, 1.165) is 16.6 Å². The van der Waals surface area contributed by atoms with Crippen molar-refractivity contribution in [2.24, 2.45) is 0 Å². The molecule has 2 aromatic carbocycles. The van der Waals surface area contributed by atoms with Gasteiger partial charge in [-0.25, -0.2) is 4.98 Å². The third-order valence-electron chi connectivity index (χ3n) is 3.23. The molecular formula is C17H17N3O2. The number of amides is 1. The smallest absolute Gasteiger partial charge is 0.228 e. The zero-order valence-electron chi connectivity index (χ0n) is 12.1. The lowest BCUT2D eigenvalue weighted by atomic mass is 10.2. The number of hydrogen-bond acceptors (Lipinski definition) is 3. The maximum Gasteiger partial charge on any atom is 0.228 e. The first-order valence-corrected chi connectivity index (χ1v) is 7.17. The van der Waals surface area contributed by atoms with E-state index in [-0.39, 0.29) is 5.91 Å². The number of anilines is 1. The highest BCUT2D eigenvalue weighted by atomic mass is 16.5. The number of imidazole rings is 1. The van der Waals surface area contributed by atoms with Crippen LogP contribution in [0.1, 0.15) is 12.0 Å². The predicted molar refractivity (Wildman–Crippen MR) is 85.4 cm³/mol. The normalized spacial score (nSPS) is 10.7. The van der Waals surface area contributed by atoms with Crippen LogP contribution in [0.5, 0.6) is 0 Å². The average molecular weight is 295 g/mol. The van der Waals surface area contributed by atoms with E-state index in [9.17, 15) is 4.79 Å². The summed E-state index contributed by atoms with van der Waals surface area (Å²) in [6, 6.07) is 17.5. The molecule has 0 aliphatic carbocycles. The molecule has 5 heteroatoms. The minimum Gasteiger partial charge on any atom is -0.376 e. The standard InChI is InChI=1S/C17H17N3O2/c21-16(10-11-22-12-13-6-2-1-3-7-13)20-17-18-14-8-4-5-9-15(14)19-17/h1-9H,10-12H2,(H2,18,19,20,21). The van der Waals surface area contributed by atoms with E-state index >= 15 is 0 Å². The highest BCUT2D eigenvalue weighted by Crippen LogP contribution is 2.13. The molecule has 0 bridgehead atoms. The van der Waals surface area contributed by atoms with Crippen molar-refractivity contribution in [1.29, 1.82) is 0 Å². The van der Waals surface area contributed by atoms with Gasteiger partial charge in [-0.1, -0.05) is 42.5 Å². The van der Waals surface area contributed by atoms with Crippen LogP contribution in [-0.2, 0) is 16.1 Å². The second-order valence-corrected chi connectivity index (χ2v) is 4.94. The summed E-state index contributed by atoms with van der Waals surface area (Å²) in [7, 11) is 0. The highest BCUT2D eigenvalue weighted by Gasteiger charge is 2.06. The van der Waals surface area contributed by atoms with E-state index in [0.29, 0.717) is 25.6 Å². The molecule has 1 heterocycles. The summed E-state index contributed by atoms with van der Waals surface area (Å²) in [5, 5.41) is 2.74. The van der Waals surface area contributed by atoms with Gasteiger partial charge < -0.3 is 9.72 Å². The summed E-state index contributed by atoms with van der Waals surface area (Å²) < 4.78 is 5.50. The summed E-state index contributed by atoms with van der Waals surface area (Å²) in [5.74, 6) is 0.348. The summed E-state index contributed by atoms with van der Waals surface area (Å²) in [4.78, 5) is 19.2. The molecule has 1 amide bonds. The molecule has 112 valence electrons. The Morgan fingerprint density at radius 2 is 1.86 bits per heavy atom. The van der Waals surface area contributed by atoms with Crippen molar-refractivity contribution >= 4 is 22.9 Å². The van der Waals surface area contributed by atoms with Gasteiger partial charge in [0.25, 0.3) is 0 Å². The van der Waals surface area contributed by atoms with Crippen LogP contribution in [0.2, 0.25) is 0 Å². The monoisotopic (exact) mass is 295 g/mol. The molecule has 2 N–H and O–H groups in total. The molecule has 0 unspecified atom stereocenters. The van der Waals surface area contributed by atoms with Gasteiger partial charge in [0, 0.05) is 0 Å². The van der Waals surface area contributed by atoms with Crippen molar-refractivity contribution in [3.63, 3.8) is 0 Å². The van der Waals surface area contributed by atoms with Gasteiger partial charge in [0.2, 0.25) is 11.9 Å². The van der Waals surface area contributed by atoms with Gasteiger partial charge in [-0.05, 0) is 17.7 Å². The lowest BCUT2D eigenvalue weighted by molar-refractivity contribution is -0.117. The highest BCUT2D eigenvalue weighted by molar-refractivity contribution is 5.91. The van der Waals surface area contributed by atoms with Crippen LogP contribution in [-0.4, -0.2) is 22.5 Å². The van der Waals surface area contributed by atoms with Crippen molar-refractivity contribution in [2.45, 2.75) is 13.0 Å². The molecule has 0 atom stereocenters. The minimum atomic E-state index is -0.118. The third-order valence-corrected chi connectivity index (χ3v) is 3.23. The number of aromatic amines is 1. The molecule has 0 saturated heterocycles. The van der Waals surface area contributed by atoms with Gasteiger partial charge in [0.05, 0.1) is 30.7 Å². The lowest BCUT2D eigenvalue weighted by Crippen LogP contribution is -2.15. The molecule has 3 aromatic rings. The molecule has 0 aliphatic heterocycles. The van der Waals surface area contributed by atoms with Crippen molar-refractivity contribution < 1.29 is 9.53 Å². The molecule has 0 radical (unpaired) electrons. The zero-order chi connectivity index (χ0) is 15.2. The van der Waals surface area contributed by atoms with Gasteiger partial charge in [-0.2, -0.15) is 0 Å². The molecular weight excluding hydrogens is 278 g/mol. The first-order valence-electron chi connectivity index (χ1n) is 7.17. The van der Waals surface area contributed by atoms with E-state index in [1.807, 2.05) is 54.6 Å². The topological polar surface area (TPSA) is 67.0 Å². The largest absolute Gasteiger partial charge is 0.376 e. The van der Waals surface area contributed by atoms with Gasteiger partial charge in [0.1, 0.15) is 0 Å². The lowest BCUT2D eigenvalue weighted by Gasteiger charge is -2.04. The Balaban J connectivity index is 1.44. The number of carbonyl (C=O) groups is 1. The number of para-hydroxylation sites is 2.